The standard InChI is InChI=1S/C14H16F3N5O2S/c1-3-24-12(23)9(18)7-25-13-20-10(8-5-19-22(2)6-8)4-11(21-13)14(15,16)17/h4-6,9H,3,7,18H2,1-2H3/p+1/t9-/m0/s1. The number of hydrogen-bond donors (Lipinski definition) is 1. The monoisotopic (exact) mass is 376 g/mol. The largest absolute Gasteiger partial charge is 0.462 e. The highest BCUT2D eigenvalue weighted by Gasteiger charge is 2.34. The Hall–Kier alpha value is -2.14. The van der Waals surface area contributed by atoms with E-state index in [0.29, 0.717) is 5.56 Å². The number of rotatable bonds is 6. The van der Waals surface area contributed by atoms with Gasteiger partial charge >= 0.3 is 12.1 Å². The summed E-state index contributed by atoms with van der Waals surface area (Å²) in [6, 6.07) is 0.138. The number of halogens is 3. The summed E-state index contributed by atoms with van der Waals surface area (Å²) in [4.78, 5) is 19.2. The molecule has 2 heterocycles. The van der Waals surface area contributed by atoms with Gasteiger partial charge in [0.1, 0.15) is 5.69 Å². The molecule has 0 bridgehead atoms. The Balaban J connectivity index is 2.26. The lowest BCUT2D eigenvalue weighted by molar-refractivity contribution is -0.401. The van der Waals surface area contributed by atoms with Gasteiger partial charge in [-0.05, 0) is 13.0 Å². The van der Waals surface area contributed by atoms with Gasteiger partial charge in [-0.15, -0.1) is 0 Å². The summed E-state index contributed by atoms with van der Waals surface area (Å²) >= 11 is 0.916. The van der Waals surface area contributed by atoms with Gasteiger partial charge in [-0.25, -0.2) is 14.8 Å². The van der Waals surface area contributed by atoms with Crippen LogP contribution in [0.1, 0.15) is 12.6 Å². The SMILES string of the molecule is CCOC(=O)[C@@H]([NH3+])CSc1nc(-c2cnn(C)c2)cc(C(F)(F)F)n1. The summed E-state index contributed by atoms with van der Waals surface area (Å²) in [5.41, 5.74) is 3.13. The molecule has 0 aliphatic rings. The molecule has 0 radical (unpaired) electrons. The second-order valence-corrected chi connectivity index (χ2v) is 6.07. The number of ether oxygens (including phenoxy) is 1. The lowest BCUT2D eigenvalue weighted by atomic mass is 10.2. The average Bonchev–Trinajstić information content (AvgIpc) is 2.98. The first-order valence-electron chi connectivity index (χ1n) is 7.28. The van der Waals surface area contributed by atoms with Gasteiger partial charge in [0, 0.05) is 18.8 Å². The second-order valence-electron chi connectivity index (χ2n) is 5.08. The number of aryl methyl sites for hydroxylation is 1. The predicted molar refractivity (Wildman–Crippen MR) is 83.3 cm³/mol. The predicted octanol–water partition coefficient (Wildman–Crippen LogP) is 1.16. The van der Waals surface area contributed by atoms with E-state index < -0.39 is 23.9 Å². The fourth-order valence-electron chi connectivity index (χ4n) is 1.84. The number of esters is 1. The lowest BCUT2D eigenvalue weighted by Gasteiger charge is -2.10. The van der Waals surface area contributed by atoms with Crippen LogP contribution in [0.5, 0.6) is 0 Å². The van der Waals surface area contributed by atoms with E-state index in [-0.39, 0.29) is 23.2 Å². The van der Waals surface area contributed by atoms with Crippen molar-refractivity contribution < 1.29 is 28.4 Å². The number of hydrogen-bond acceptors (Lipinski definition) is 6. The van der Waals surface area contributed by atoms with Gasteiger partial charge in [0.15, 0.2) is 11.2 Å². The van der Waals surface area contributed by atoms with Crippen LogP contribution in [0.3, 0.4) is 0 Å². The van der Waals surface area contributed by atoms with Gasteiger partial charge in [-0.2, -0.15) is 18.3 Å². The van der Waals surface area contributed by atoms with Gasteiger partial charge in [-0.1, -0.05) is 11.8 Å². The summed E-state index contributed by atoms with van der Waals surface area (Å²) in [6.45, 7) is 1.87. The van der Waals surface area contributed by atoms with Crippen LogP contribution in [0, 0.1) is 0 Å². The van der Waals surface area contributed by atoms with E-state index in [0.717, 1.165) is 17.8 Å². The molecule has 0 saturated heterocycles. The molecule has 0 amide bonds. The van der Waals surface area contributed by atoms with Crippen molar-refractivity contribution in [2.24, 2.45) is 7.05 Å². The van der Waals surface area contributed by atoms with Crippen LogP contribution >= 0.6 is 11.8 Å². The molecular formula is C14H17F3N5O2S+. The highest BCUT2D eigenvalue weighted by molar-refractivity contribution is 7.99. The molecule has 0 unspecified atom stereocenters. The summed E-state index contributed by atoms with van der Waals surface area (Å²) in [7, 11) is 1.65. The molecule has 0 aliphatic carbocycles. The average molecular weight is 376 g/mol. The quantitative estimate of drug-likeness (QED) is 0.462. The van der Waals surface area contributed by atoms with Crippen molar-refractivity contribution in [2.45, 2.75) is 24.3 Å². The molecule has 25 heavy (non-hydrogen) atoms. The number of alkyl halides is 3. The minimum Gasteiger partial charge on any atom is -0.462 e. The van der Waals surface area contributed by atoms with Gasteiger partial charge < -0.3 is 10.5 Å². The van der Waals surface area contributed by atoms with Gasteiger partial charge in [0.05, 0.1) is 24.3 Å². The maximum Gasteiger partial charge on any atom is 0.433 e. The highest BCUT2D eigenvalue weighted by atomic mass is 32.2. The van der Waals surface area contributed by atoms with Crippen LogP contribution in [-0.4, -0.2) is 44.1 Å². The molecule has 7 nitrogen and oxygen atoms in total. The Morgan fingerprint density at radius 3 is 2.72 bits per heavy atom. The van der Waals surface area contributed by atoms with Gasteiger partial charge in [0.25, 0.3) is 0 Å². The van der Waals surface area contributed by atoms with E-state index in [1.54, 1.807) is 20.2 Å². The van der Waals surface area contributed by atoms with Crippen LogP contribution in [0.15, 0.2) is 23.6 Å². The van der Waals surface area contributed by atoms with Crippen LogP contribution < -0.4 is 5.73 Å². The molecule has 0 aliphatic heterocycles. The molecule has 0 fully saturated rings. The number of carbonyl (C=O) groups is 1. The van der Waals surface area contributed by atoms with E-state index in [4.69, 9.17) is 4.74 Å². The van der Waals surface area contributed by atoms with Crippen molar-refractivity contribution in [1.82, 2.24) is 19.7 Å². The normalized spacial score (nSPS) is 12.9. The van der Waals surface area contributed by atoms with Crippen molar-refractivity contribution in [3.8, 4) is 11.3 Å². The Morgan fingerprint density at radius 1 is 1.44 bits per heavy atom. The number of nitrogens with zero attached hydrogens (tertiary/aromatic N) is 4. The molecule has 136 valence electrons. The molecule has 0 aromatic carbocycles. The van der Waals surface area contributed by atoms with Crippen LogP contribution in [0.25, 0.3) is 11.3 Å². The van der Waals surface area contributed by atoms with Crippen molar-refractivity contribution in [3.05, 3.63) is 24.2 Å². The molecule has 11 heteroatoms. The summed E-state index contributed by atoms with van der Waals surface area (Å²) < 4.78 is 45.6. The topological polar surface area (TPSA) is 97.5 Å². The smallest absolute Gasteiger partial charge is 0.433 e. The van der Waals surface area contributed by atoms with E-state index in [1.165, 1.54) is 10.9 Å². The van der Waals surface area contributed by atoms with Gasteiger partial charge in [0.2, 0.25) is 0 Å². The Morgan fingerprint density at radius 2 is 2.16 bits per heavy atom. The van der Waals surface area contributed by atoms with Crippen molar-refractivity contribution >= 4 is 17.7 Å². The molecule has 2 aromatic heterocycles. The minimum atomic E-state index is -4.61. The zero-order valence-corrected chi connectivity index (χ0v) is 14.4. The van der Waals surface area contributed by atoms with E-state index in [1.807, 2.05) is 0 Å². The summed E-state index contributed by atoms with van der Waals surface area (Å²) in [5, 5.41) is 3.84. The van der Waals surface area contributed by atoms with Crippen LogP contribution in [0.4, 0.5) is 13.2 Å². The number of aromatic nitrogens is 4. The third-order valence-corrected chi connectivity index (χ3v) is 4.04. The molecule has 2 aromatic rings. The second kappa shape index (κ2) is 7.83. The number of thioether (sulfide) groups is 1. The molecular weight excluding hydrogens is 359 g/mol. The maximum absolute atomic E-state index is 13.1. The molecule has 3 N–H and O–H groups in total. The zero-order valence-electron chi connectivity index (χ0n) is 13.6. The minimum absolute atomic E-state index is 0.0911. The third-order valence-electron chi connectivity index (χ3n) is 3.03. The van der Waals surface area contributed by atoms with Gasteiger partial charge in [-0.3, -0.25) is 4.68 Å². The molecule has 1 atom stereocenters. The molecule has 0 spiro atoms. The Kier molecular flexibility index (Phi) is 6.01. The van der Waals surface area contributed by atoms with Crippen LogP contribution in [-0.2, 0) is 22.8 Å². The maximum atomic E-state index is 13.1. The van der Waals surface area contributed by atoms with E-state index >= 15 is 0 Å². The molecule has 2 rings (SSSR count). The first kappa shape index (κ1) is 19.2. The fraction of sp³-hybridized carbons (Fsp3) is 0.429. The first-order valence-corrected chi connectivity index (χ1v) is 8.27. The van der Waals surface area contributed by atoms with E-state index in [9.17, 15) is 18.0 Å². The fourth-order valence-corrected chi connectivity index (χ4v) is 2.65. The van der Waals surface area contributed by atoms with Crippen LogP contribution in [0.2, 0.25) is 0 Å². The highest BCUT2D eigenvalue weighted by Crippen LogP contribution is 2.31. The van der Waals surface area contributed by atoms with Crippen molar-refractivity contribution in [3.63, 3.8) is 0 Å². The molecule has 0 saturated carbocycles. The number of quaternary nitrogens is 1. The third kappa shape index (κ3) is 5.16. The lowest BCUT2D eigenvalue weighted by Crippen LogP contribution is -2.66. The van der Waals surface area contributed by atoms with Crippen molar-refractivity contribution in [2.75, 3.05) is 12.4 Å². The zero-order chi connectivity index (χ0) is 18.6. The van der Waals surface area contributed by atoms with Crippen molar-refractivity contribution in [1.29, 1.82) is 0 Å². The first-order chi connectivity index (χ1) is 11.7. The number of carbonyl (C=O) groups excluding carboxylic acids is 1. The Bertz CT molecular complexity index is 750. The van der Waals surface area contributed by atoms with E-state index in [2.05, 4.69) is 20.8 Å². The Labute approximate surface area is 145 Å². The summed E-state index contributed by atoms with van der Waals surface area (Å²) in [5.74, 6) is -0.415. The summed E-state index contributed by atoms with van der Waals surface area (Å²) in [6.07, 6.45) is -1.64.